The van der Waals surface area contributed by atoms with Crippen molar-refractivity contribution in [2.24, 2.45) is 5.92 Å². The van der Waals surface area contributed by atoms with E-state index in [1.165, 1.54) is 0 Å². The van der Waals surface area contributed by atoms with E-state index in [0.717, 1.165) is 71.1 Å². The molecule has 2 N–H and O–H groups in total. The number of morpholine rings is 1. The molecule has 0 unspecified atom stereocenters. The minimum atomic E-state index is -0.205. The number of carbonyl (C=O) groups excluding carboxylic acids is 1. The summed E-state index contributed by atoms with van der Waals surface area (Å²) in [7, 11) is 0. The van der Waals surface area contributed by atoms with Crippen molar-refractivity contribution in [1.82, 2.24) is 10.2 Å². The molecule has 8 heteroatoms. The monoisotopic (exact) mass is 419 g/mol. The largest absolute Gasteiger partial charge is 0.491 e. The predicted octanol–water partition coefficient (Wildman–Crippen LogP) is 2.10. The summed E-state index contributed by atoms with van der Waals surface area (Å²) in [5.41, 5.74) is 0.712. The van der Waals surface area contributed by atoms with Gasteiger partial charge in [0.15, 0.2) is 0 Å². The number of urea groups is 1. The Kier molecular flexibility index (Phi) is 7.80. The van der Waals surface area contributed by atoms with E-state index in [9.17, 15) is 4.79 Å². The molecule has 30 heavy (non-hydrogen) atoms. The standard InChI is InChI=1S/C22H33N3O5/c26-22(23-14-21(17-6-10-28-15-17)25-7-11-27-12-8-25)24-18-3-1-4-19(13-18)30-16-20-5-2-9-29-20/h1,3-4,13,17,20-21H,2,5-12,14-16H2,(H2,23,24,26)/t17-,20-,21-/m1/s1. The van der Waals surface area contributed by atoms with Crippen LogP contribution < -0.4 is 15.4 Å². The maximum absolute atomic E-state index is 12.5. The van der Waals surface area contributed by atoms with Gasteiger partial charge in [-0.25, -0.2) is 4.79 Å². The first kappa shape index (κ1) is 21.4. The van der Waals surface area contributed by atoms with Crippen LogP contribution >= 0.6 is 0 Å². The lowest BCUT2D eigenvalue weighted by Crippen LogP contribution is -2.52. The lowest BCUT2D eigenvalue weighted by atomic mass is 9.97. The van der Waals surface area contributed by atoms with Crippen molar-refractivity contribution in [2.75, 3.05) is 64.6 Å². The van der Waals surface area contributed by atoms with Gasteiger partial charge in [0.2, 0.25) is 0 Å². The summed E-state index contributed by atoms with van der Waals surface area (Å²) in [6, 6.07) is 7.55. The molecule has 3 saturated heterocycles. The molecule has 3 atom stereocenters. The number of carbonyl (C=O) groups is 1. The van der Waals surface area contributed by atoms with Gasteiger partial charge in [-0.1, -0.05) is 6.07 Å². The van der Waals surface area contributed by atoms with Crippen LogP contribution in [0.5, 0.6) is 5.75 Å². The number of hydrogen-bond donors (Lipinski definition) is 2. The van der Waals surface area contributed by atoms with Gasteiger partial charge in [-0.2, -0.15) is 0 Å². The van der Waals surface area contributed by atoms with Crippen molar-refractivity contribution in [2.45, 2.75) is 31.4 Å². The van der Waals surface area contributed by atoms with E-state index in [2.05, 4.69) is 15.5 Å². The van der Waals surface area contributed by atoms with E-state index in [-0.39, 0.29) is 18.2 Å². The zero-order chi connectivity index (χ0) is 20.6. The molecule has 1 aromatic rings. The van der Waals surface area contributed by atoms with Crippen molar-refractivity contribution in [3.05, 3.63) is 24.3 Å². The third kappa shape index (κ3) is 6.07. The first-order valence-electron chi connectivity index (χ1n) is 11.1. The van der Waals surface area contributed by atoms with Crippen LogP contribution in [0.15, 0.2) is 24.3 Å². The van der Waals surface area contributed by atoms with Crippen LogP contribution in [0.2, 0.25) is 0 Å². The van der Waals surface area contributed by atoms with E-state index in [0.29, 0.717) is 24.8 Å². The first-order chi connectivity index (χ1) is 14.8. The predicted molar refractivity (Wildman–Crippen MR) is 113 cm³/mol. The van der Waals surface area contributed by atoms with Crippen LogP contribution in [0.3, 0.4) is 0 Å². The normalized spacial score (nSPS) is 25.7. The van der Waals surface area contributed by atoms with Gasteiger partial charge in [-0.15, -0.1) is 0 Å². The molecule has 166 valence electrons. The molecule has 3 aliphatic rings. The van der Waals surface area contributed by atoms with Crippen molar-refractivity contribution < 1.29 is 23.7 Å². The maximum Gasteiger partial charge on any atom is 0.319 e. The smallest absolute Gasteiger partial charge is 0.319 e. The second kappa shape index (κ2) is 10.9. The van der Waals surface area contributed by atoms with Gasteiger partial charge in [0.05, 0.1) is 25.9 Å². The van der Waals surface area contributed by atoms with Gasteiger partial charge in [-0.3, -0.25) is 4.90 Å². The molecule has 3 aliphatic heterocycles. The van der Waals surface area contributed by atoms with Gasteiger partial charge in [-0.05, 0) is 31.4 Å². The minimum absolute atomic E-state index is 0.168. The molecule has 3 heterocycles. The van der Waals surface area contributed by atoms with Gasteiger partial charge in [0.25, 0.3) is 0 Å². The van der Waals surface area contributed by atoms with Crippen LogP contribution in [0, 0.1) is 5.92 Å². The molecule has 0 aliphatic carbocycles. The molecule has 0 spiro atoms. The molecule has 2 amide bonds. The summed E-state index contributed by atoms with van der Waals surface area (Å²) in [6.07, 6.45) is 3.34. The van der Waals surface area contributed by atoms with E-state index in [1.807, 2.05) is 24.3 Å². The van der Waals surface area contributed by atoms with E-state index in [4.69, 9.17) is 18.9 Å². The van der Waals surface area contributed by atoms with Crippen LogP contribution in [-0.4, -0.2) is 82.4 Å². The molecule has 0 bridgehead atoms. The zero-order valence-electron chi connectivity index (χ0n) is 17.5. The van der Waals surface area contributed by atoms with Crippen molar-refractivity contribution in [1.29, 1.82) is 0 Å². The van der Waals surface area contributed by atoms with Gasteiger partial charge < -0.3 is 29.6 Å². The van der Waals surface area contributed by atoms with E-state index in [1.54, 1.807) is 0 Å². The topological polar surface area (TPSA) is 81.3 Å². The molecule has 4 rings (SSSR count). The lowest BCUT2D eigenvalue weighted by Gasteiger charge is -2.37. The Balaban J connectivity index is 1.27. The highest BCUT2D eigenvalue weighted by Crippen LogP contribution is 2.22. The minimum Gasteiger partial charge on any atom is -0.491 e. The quantitative estimate of drug-likeness (QED) is 0.672. The third-order valence-electron chi connectivity index (χ3n) is 6.05. The summed E-state index contributed by atoms with van der Waals surface area (Å²) < 4.78 is 22.5. The number of hydrogen-bond acceptors (Lipinski definition) is 6. The number of rotatable bonds is 8. The van der Waals surface area contributed by atoms with Crippen molar-refractivity contribution in [3.8, 4) is 5.75 Å². The first-order valence-corrected chi connectivity index (χ1v) is 11.1. The van der Waals surface area contributed by atoms with Crippen LogP contribution in [-0.2, 0) is 14.2 Å². The fourth-order valence-corrected chi connectivity index (χ4v) is 4.36. The molecule has 0 aromatic heterocycles. The molecule has 8 nitrogen and oxygen atoms in total. The SMILES string of the molecule is O=C(NC[C@H]([C@@H]1CCOC1)N1CCOCC1)Nc1cccc(OC[C@H]2CCCO2)c1. The Morgan fingerprint density at radius 3 is 2.83 bits per heavy atom. The third-order valence-corrected chi connectivity index (χ3v) is 6.05. The second-order valence-corrected chi connectivity index (χ2v) is 8.15. The fraction of sp³-hybridized carbons (Fsp3) is 0.682. The molecule has 0 saturated carbocycles. The van der Waals surface area contributed by atoms with E-state index >= 15 is 0 Å². The summed E-state index contributed by atoms with van der Waals surface area (Å²) in [5.74, 6) is 1.18. The van der Waals surface area contributed by atoms with Gasteiger partial charge in [0.1, 0.15) is 12.4 Å². The molecular formula is C22H33N3O5. The summed E-state index contributed by atoms with van der Waals surface area (Å²) in [5, 5.41) is 5.98. The number of nitrogens with zero attached hydrogens (tertiary/aromatic N) is 1. The Labute approximate surface area is 178 Å². The van der Waals surface area contributed by atoms with Gasteiger partial charge >= 0.3 is 6.03 Å². The highest BCUT2D eigenvalue weighted by Gasteiger charge is 2.31. The van der Waals surface area contributed by atoms with Gasteiger partial charge in [0, 0.05) is 56.6 Å². The van der Waals surface area contributed by atoms with Crippen molar-refractivity contribution in [3.63, 3.8) is 0 Å². The number of anilines is 1. The maximum atomic E-state index is 12.5. The number of nitrogens with one attached hydrogen (secondary N) is 2. The Hall–Kier alpha value is -1.87. The zero-order valence-corrected chi connectivity index (χ0v) is 17.5. The average Bonchev–Trinajstić information content (AvgIpc) is 3.48. The fourth-order valence-electron chi connectivity index (χ4n) is 4.36. The molecular weight excluding hydrogens is 386 g/mol. The molecule has 1 aromatic carbocycles. The average molecular weight is 420 g/mol. The Bertz CT molecular complexity index is 670. The van der Waals surface area contributed by atoms with Crippen molar-refractivity contribution >= 4 is 11.7 Å². The molecule has 0 radical (unpaired) electrons. The molecule has 3 fully saturated rings. The second-order valence-electron chi connectivity index (χ2n) is 8.15. The number of ether oxygens (including phenoxy) is 4. The summed E-state index contributed by atoms with van der Waals surface area (Å²) in [4.78, 5) is 15.0. The lowest BCUT2D eigenvalue weighted by molar-refractivity contribution is 0.00222. The highest BCUT2D eigenvalue weighted by molar-refractivity contribution is 5.89. The number of benzene rings is 1. The van der Waals surface area contributed by atoms with Crippen LogP contribution in [0.25, 0.3) is 0 Å². The summed E-state index contributed by atoms with van der Waals surface area (Å²) in [6.45, 7) is 6.79. The highest BCUT2D eigenvalue weighted by atomic mass is 16.5. The Morgan fingerprint density at radius 2 is 2.07 bits per heavy atom. The van der Waals surface area contributed by atoms with E-state index < -0.39 is 0 Å². The Morgan fingerprint density at radius 1 is 1.17 bits per heavy atom. The van der Waals surface area contributed by atoms with Crippen LogP contribution in [0.4, 0.5) is 10.5 Å². The number of amides is 2. The summed E-state index contributed by atoms with van der Waals surface area (Å²) >= 11 is 0. The van der Waals surface area contributed by atoms with Crippen LogP contribution in [0.1, 0.15) is 19.3 Å².